The minimum atomic E-state index is 0.339. The van der Waals surface area contributed by atoms with Crippen LogP contribution in [0.2, 0.25) is 0 Å². The van der Waals surface area contributed by atoms with E-state index in [0.717, 1.165) is 12.3 Å². The minimum absolute atomic E-state index is 0.339. The Morgan fingerprint density at radius 3 is 2.38 bits per heavy atom. The fourth-order valence-electron chi connectivity index (χ4n) is 2.76. The highest BCUT2D eigenvalue weighted by molar-refractivity contribution is 5.84. The van der Waals surface area contributed by atoms with E-state index in [2.05, 4.69) is 68.5 Å². The zero-order valence-corrected chi connectivity index (χ0v) is 13.7. The van der Waals surface area contributed by atoms with Gasteiger partial charge in [-0.25, -0.2) is 0 Å². The van der Waals surface area contributed by atoms with E-state index in [1.165, 1.54) is 16.3 Å². The van der Waals surface area contributed by atoms with Gasteiger partial charge in [-0.15, -0.1) is 0 Å². The third-order valence-corrected chi connectivity index (χ3v) is 3.74. The average molecular weight is 286 g/mol. The number of benzene rings is 2. The first-order valence-corrected chi connectivity index (χ1v) is 7.48. The predicted molar refractivity (Wildman–Crippen MR) is 90.1 cm³/mol. The fraction of sp³-hybridized carbons (Fsp3) is 0.444. The summed E-state index contributed by atoms with van der Waals surface area (Å²) >= 11 is 0. The van der Waals surface area contributed by atoms with E-state index in [9.17, 15) is 0 Å². The van der Waals surface area contributed by atoms with E-state index in [0.29, 0.717) is 12.1 Å². The Morgan fingerprint density at radius 2 is 1.71 bits per heavy atom. The van der Waals surface area contributed by atoms with E-state index >= 15 is 0 Å². The van der Waals surface area contributed by atoms with Gasteiger partial charge in [0.15, 0.2) is 0 Å². The molecule has 2 atom stereocenters. The van der Waals surface area contributed by atoms with Crippen LogP contribution in [-0.2, 0) is 0 Å². The highest BCUT2D eigenvalue weighted by atomic mass is 16.5. The van der Waals surface area contributed by atoms with Gasteiger partial charge < -0.3 is 15.0 Å². The summed E-state index contributed by atoms with van der Waals surface area (Å²) in [5.74, 6) is 0.904. The second-order valence-corrected chi connectivity index (χ2v) is 6.02. The molecule has 2 rings (SSSR count). The molecule has 0 aliphatic heterocycles. The summed E-state index contributed by atoms with van der Waals surface area (Å²) < 4.78 is 5.27. The molecule has 0 saturated heterocycles. The SMILES string of the molecule is COc1ccc2cc(C(C)NC(C)CN(C)C)ccc2c1. The first-order chi connectivity index (χ1) is 9.99. The third kappa shape index (κ3) is 4.19. The van der Waals surface area contributed by atoms with Crippen LogP contribution in [0.15, 0.2) is 36.4 Å². The van der Waals surface area contributed by atoms with Gasteiger partial charge in [0.25, 0.3) is 0 Å². The van der Waals surface area contributed by atoms with Crippen LogP contribution in [0.5, 0.6) is 5.75 Å². The topological polar surface area (TPSA) is 24.5 Å². The molecule has 0 radical (unpaired) electrons. The highest BCUT2D eigenvalue weighted by Crippen LogP contribution is 2.24. The molecule has 3 nitrogen and oxygen atoms in total. The normalized spacial score (nSPS) is 14.4. The molecule has 3 heteroatoms. The van der Waals surface area contributed by atoms with Crippen molar-refractivity contribution < 1.29 is 4.74 Å². The lowest BCUT2D eigenvalue weighted by atomic mass is 10.0. The monoisotopic (exact) mass is 286 g/mol. The molecule has 0 fully saturated rings. The number of fused-ring (bicyclic) bond motifs is 1. The van der Waals surface area contributed by atoms with E-state index in [-0.39, 0.29) is 0 Å². The molecule has 2 unspecified atom stereocenters. The smallest absolute Gasteiger partial charge is 0.119 e. The molecule has 1 N–H and O–H groups in total. The molecule has 0 saturated carbocycles. The number of hydrogen-bond acceptors (Lipinski definition) is 3. The van der Waals surface area contributed by atoms with Gasteiger partial charge in [-0.05, 0) is 62.5 Å². The fourth-order valence-corrected chi connectivity index (χ4v) is 2.76. The molecule has 2 aromatic rings. The lowest BCUT2D eigenvalue weighted by Crippen LogP contribution is -2.37. The Kier molecular flexibility index (Phi) is 5.21. The summed E-state index contributed by atoms with van der Waals surface area (Å²) in [6, 6.07) is 13.6. The number of likely N-dealkylation sites (N-methyl/N-ethyl adjacent to an activating group) is 1. The number of rotatable bonds is 6. The van der Waals surface area contributed by atoms with Crippen LogP contribution in [-0.4, -0.2) is 38.7 Å². The Morgan fingerprint density at radius 1 is 1.05 bits per heavy atom. The molecule has 0 aromatic heterocycles. The van der Waals surface area contributed by atoms with Crippen LogP contribution in [0, 0.1) is 0 Å². The molecule has 0 heterocycles. The highest BCUT2D eigenvalue weighted by Gasteiger charge is 2.10. The van der Waals surface area contributed by atoms with Gasteiger partial charge in [0.05, 0.1) is 7.11 Å². The van der Waals surface area contributed by atoms with Crippen molar-refractivity contribution in [2.24, 2.45) is 0 Å². The lowest BCUT2D eigenvalue weighted by Gasteiger charge is -2.23. The van der Waals surface area contributed by atoms with Crippen molar-refractivity contribution in [2.45, 2.75) is 25.9 Å². The molecule has 0 amide bonds. The molecule has 0 aliphatic rings. The summed E-state index contributed by atoms with van der Waals surface area (Å²) in [7, 11) is 5.91. The Hall–Kier alpha value is -1.58. The molecule has 0 bridgehead atoms. The van der Waals surface area contributed by atoms with Crippen LogP contribution in [0.25, 0.3) is 10.8 Å². The third-order valence-electron chi connectivity index (χ3n) is 3.74. The van der Waals surface area contributed by atoms with E-state index < -0.39 is 0 Å². The van der Waals surface area contributed by atoms with E-state index in [1.54, 1.807) is 7.11 Å². The number of nitrogens with one attached hydrogen (secondary N) is 1. The van der Waals surface area contributed by atoms with Crippen LogP contribution in [0.1, 0.15) is 25.5 Å². The van der Waals surface area contributed by atoms with Gasteiger partial charge in [0.2, 0.25) is 0 Å². The summed E-state index contributed by atoms with van der Waals surface area (Å²) in [5, 5.41) is 6.11. The van der Waals surface area contributed by atoms with E-state index in [1.807, 2.05) is 6.07 Å². The Bertz CT molecular complexity index is 595. The molecule has 0 spiro atoms. The van der Waals surface area contributed by atoms with Gasteiger partial charge in [-0.3, -0.25) is 0 Å². The zero-order valence-electron chi connectivity index (χ0n) is 13.7. The lowest BCUT2D eigenvalue weighted by molar-refractivity contribution is 0.334. The molecular weight excluding hydrogens is 260 g/mol. The van der Waals surface area contributed by atoms with Crippen LogP contribution in [0.4, 0.5) is 0 Å². The summed E-state index contributed by atoms with van der Waals surface area (Å²) in [6.07, 6.45) is 0. The minimum Gasteiger partial charge on any atom is -0.497 e. The maximum absolute atomic E-state index is 5.27. The van der Waals surface area contributed by atoms with Gasteiger partial charge >= 0.3 is 0 Å². The molecule has 21 heavy (non-hydrogen) atoms. The van der Waals surface area contributed by atoms with Crippen molar-refractivity contribution in [3.8, 4) is 5.75 Å². The molecule has 0 aliphatic carbocycles. The Balaban J connectivity index is 2.14. The summed E-state index contributed by atoms with van der Waals surface area (Å²) in [6.45, 7) is 5.48. The quantitative estimate of drug-likeness (QED) is 0.880. The standard InChI is InChI=1S/C18H26N2O/c1-13(12-20(3)4)19-14(2)15-6-7-17-11-18(21-5)9-8-16(17)10-15/h6-11,13-14,19H,12H2,1-5H3. The van der Waals surface area contributed by atoms with Gasteiger partial charge in [0.1, 0.15) is 5.75 Å². The van der Waals surface area contributed by atoms with Crippen LogP contribution < -0.4 is 10.1 Å². The summed E-state index contributed by atoms with van der Waals surface area (Å²) in [5.41, 5.74) is 1.32. The van der Waals surface area contributed by atoms with Crippen molar-refractivity contribution in [1.29, 1.82) is 0 Å². The van der Waals surface area contributed by atoms with Crippen molar-refractivity contribution in [3.05, 3.63) is 42.0 Å². The van der Waals surface area contributed by atoms with Crippen molar-refractivity contribution >= 4 is 10.8 Å². The average Bonchev–Trinajstić information content (AvgIpc) is 2.45. The zero-order chi connectivity index (χ0) is 15.4. The molecular formula is C18H26N2O. The molecule has 2 aromatic carbocycles. The number of methoxy groups -OCH3 is 1. The largest absolute Gasteiger partial charge is 0.497 e. The Labute approximate surface area is 127 Å². The van der Waals surface area contributed by atoms with Gasteiger partial charge in [0, 0.05) is 18.6 Å². The summed E-state index contributed by atoms with van der Waals surface area (Å²) in [4.78, 5) is 2.21. The number of ether oxygens (including phenoxy) is 1. The second kappa shape index (κ2) is 6.92. The van der Waals surface area contributed by atoms with Crippen molar-refractivity contribution in [3.63, 3.8) is 0 Å². The maximum atomic E-state index is 5.27. The second-order valence-electron chi connectivity index (χ2n) is 6.02. The molecule has 114 valence electrons. The van der Waals surface area contributed by atoms with Crippen LogP contribution >= 0.6 is 0 Å². The maximum Gasteiger partial charge on any atom is 0.119 e. The van der Waals surface area contributed by atoms with Gasteiger partial charge in [-0.2, -0.15) is 0 Å². The van der Waals surface area contributed by atoms with E-state index in [4.69, 9.17) is 4.74 Å². The number of nitrogens with zero attached hydrogens (tertiary/aromatic N) is 1. The first-order valence-electron chi connectivity index (χ1n) is 7.48. The van der Waals surface area contributed by atoms with Crippen molar-refractivity contribution in [2.75, 3.05) is 27.7 Å². The number of hydrogen-bond donors (Lipinski definition) is 1. The predicted octanol–water partition coefficient (Wildman–Crippen LogP) is 3.45. The van der Waals surface area contributed by atoms with Crippen LogP contribution in [0.3, 0.4) is 0 Å². The first kappa shape index (κ1) is 15.8. The van der Waals surface area contributed by atoms with Crippen molar-refractivity contribution in [1.82, 2.24) is 10.2 Å². The van der Waals surface area contributed by atoms with Gasteiger partial charge in [-0.1, -0.05) is 18.2 Å².